The Morgan fingerprint density at radius 2 is 1.67 bits per heavy atom. The van der Waals surface area contributed by atoms with Crippen molar-refractivity contribution in [3.63, 3.8) is 0 Å². The number of sulfone groups is 1. The van der Waals surface area contributed by atoms with Gasteiger partial charge in [-0.25, -0.2) is 8.42 Å². The van der Waals surface area contributed by atoms with Crippen molar-refractivity contribution < 1.29 is 17.9 Å². The average molecular weight is 345 g/mol. The van der Waals surface area contributed by atoms with Gasteiger partial charge in [0.05, 0.1) is 17.0 Å². The van der Waals surface area contributed by atoms with Gasteiger partial charge in [0.15, 0.2) is 9.84 Å². The first-order valence-electron chi connectivity index (χ1n) is 7.71. The molecular weight excluding hydrogens is 326 g/mol. The molecule has 6 heteroatoms. The van der Waals surface area contributed by atoms with Gasteiger partial charge in [0.25, 0.3) is 5.91 Å². The Morgan fingerprint density at radius 1 is 1.04 bits per heavy atom. The van der Waals surface area contributed by atoms with Gasteiger partial charge < -0.3 is 10.1 Å². The normalized spacial score (nSPS) is 22.0. The van der Waals surface area contributed by atoms with Crippen LogP contribution < -0.4 is 10.1 Å². The summed E-state index contributed by atoms with van der Waals surface area (Å²) < 4.78 is 28.9. The van der Waals surface area contributed by atoms with Crippen molar-refractivity contribution in [3.05, 3.63) is 60.2 Å². The summed E-state index contributed by atoms with van der Waals surface area (Å²) in [4.78, 5) is 12.3. The molecule has 0 aliphatic carbocycles. The van der Waals surface area contributed by atoms with Crippen LogP contribution in [0.15, 0.2) is 54.6 Å². The van der Waals surface area contributed by atoms with E-state index in [0.717, 1.165) is 5.75 Å². The lowest BCUT2D eigenvalue weighted by atomic mass is 10.0. The van der Waals surface area contributed by atoms with E-state index in [1.807, 2.05) is 30.3 Å². The number of amides is 1. The number of benzene rings is 2. The Hall–Kier alpha value is -2.34. The molecule has 1 atom stereocenters. The van der Waals surface area contributed by atoms with Gasteiger partial charge in [0.2, 0.25) is 0 Å². The number of para-hydroxylation sites is 1. The van der Waals surface area contributed by atoms with E-state index >= 15 is 0 Å². The topological polar surface area (TPSA) is 72.5 Å². The quantitative estimate of drug-likeness (QED) is 0.925. The molecule has 3 rings (SSSR count). The van der Waals surface area contributed by atoms with Crippen LogP contribution in [0.2, 0.25) is 0 Å². The average Bonchev–Trinajstić information content (AvgIpc) is 2.82. The third-order valence-electron chi connectivity index (χ3n) is 4.01. The first kappa shape index (κ1) is 16.5. The van der Waals surface area contributed by atoms with Crippen LogP contribution in [-0.4, -0.2) is 31.4 Å². The van der Waals surface area contributed by atoms with Crippen LogP contribution in [0.5, 0.6) is 11.5 Å². The van der Waals surface area contributed by atoms with E-state index in [1.165, 1.54) is 0 Å². The summed E-state index contributed by atoms with van der Waals surface area (Å²) in [6, 6.07) is 16.1. The predicted molar refractivity (Wildman–Crippen MR) is 92.1 cm³/mol. The van der Waals surface area contributed by atoms with Gasteiger partial charge in [-0.2, -0.15) is 0 Å². The van der Waals surface area contributed by atoms with E-state index in [1.54, 1.807) is 31.2 Å². The third kappa shape index (κ3) is 3.94. The summed E-state index contributed by atoms with van der Waals surface area (Å²) in [5.41, 5.74) is -0.226. The fourth-order valence-electron chi connectivity index (χ4n) is 2.75. The monoisotopic (exact) mass is 345 g/mol. The van der Waals surface area contributed by atoms with E-state index in [2.05, 4.69) is 5.32 Å². The minimum Gasteiger partial charge on any atom is -0.457 e. The number of hydrogen-bond acceptors (Lipinski definition) is 4. The first-order valence-corrected chi connectivity index (χ1v) is 9.53. The zero-order valence-electron chi connectivity index (χ0n) is 13.4. The van der Waals surface area contributed by atoms with Crippen molar-refractivity contribution in [2.45, 2.75) is 18.9 Å². The zero-order chi connectivity index (χ0) is 17.2. The Labute approximate surface area is 141 Å². The van der Waals surface area contributed by atoms with E-state index in [0.29, 0.717) is 17.7 Å². The van der Waals surface area contributed by atoms with Gasteiger partial charge in [-0.3, -0.25) is 4.79 Å². The van der Waals surface area contributed by atoms with Crippen molar-refractivity contribution in [2.75, 3.05) is 11.5 Å². The van der Waals surface area contributed by atoms with Gasteiger partial charge in [-0.05, 0) is 49.7 Å². The van der Waals surface area contributed by atoms with Crippen molar-refractivity contribution >= 4 is 15.7 Å². The van der Waals surface area contributed by atoms with E-state index in [-0.39, 0.29) is 17.4 Å². The van der Waals surface area contributed by atoms with Gasteiger partial charge in [0, 0.05) is 5.56 Å². The standard InChI is InChI=1S/C18H19NO4S/c1-18(11-12-24(21,22)13-18)19-17(20)14-7-9-16(10-8-14)23-15-5-3-2-4-6-15/h2-10H,11-13H2,1H3,(H,19,20)/t18-/m0/s1. The summed E-state index contributed by atoms with van der Waals surface area (Å²) in [6.07, 6.45) is 0.441. The molecule has 24 heavy (non-hydrogen) atoms. The molecule has 1 heterocycles. The molecule has 1 aliphatic rings. The number of rotatable bonds is 4. The minimum absolute atomic E-state index is 0.0130. The van der Waals surface area contributed by atoms with Crippen LogP contribution in [0.1, 0.15) is 23.7 Å². The van der Waals surface area contributed by atoms with Crippen molar-refractivity contribution in [2.24, 2.45) is 0 Å². The first-order chi connectivity index (χ1) is 11.4. The Balaban J connectivity index is 1.66. The minimum atomic E-state index is -3.06. The number of ether oxygens (including phenoxy) is 1. The lowest BCUT2D eigenvalue weighted by Gasteiger charge is -2.23. The number of hydrogen-bond donors (Lipinski definition) is 1. The molecule has 126 valence electrons. The molecule has 0 radical (unpaired) electrons. The van der Waals surface area contributed by atoms with Crippen molar-refractivity contribution in [3.8, 4) is 11.5 Å². The highest BCUT2D eigenvalue weighted by atomic mass is 32.2. The highest BCUT2D eigenvalue weighted by molar-refractivity contribution is 7.91. The molecule has 0 unspecified atom stereocenters. The van der Waals surface area contributed by atoms with Gasteiger partial charge in [-0.15, -0.1) is 0 Å². The summed E-state index contributed by atoms with van der Waals surface area (Å²) in [5, 5.41) is 2.84. The molecule has 1 amide bonds. The molecule has 5 nitrogen and oxygen atoms in total. The molecular formula is C18H19NO4S. The molecule has 1 fully saturated rings. The van der Waals surface area contributed by atoms with Crippen LogP contribution in [0, 0.1) is 0 Å². The fourth-order valence-corrected chi connectivity index (χ4v) is 4.85. The van der Waals surface area contributed by atoms with Gasteiger partial charge in [-0.1, -0.05) is 18.2 Å². The van der Waals surface area contributed by atoms with Crippen LogP contribution in [0.4, 0.5) is 0 Å². The van der Waals surface area contributed by atoms with Crippen LogP contribution in [0.3, 0.4) is 0 Å². The largest absolute Gasteiger partial charge is 0.457 e. The molecule has 1 saturated heterocycles. The maximum atomic E-state index is 12.3. The second-order valence-corrected chi connectivity index (χ2v) is 8.48. The highest BCUT2D eigenvalue weighted by Gasteiger charge is 2.39. The molecule has 0 bridgehead atoms. The molecule has 1 aliphatic heterocycles. The maximum Gasteiger partial charge on any atom is 0.251 e. The van der Waals surface area contributed by atoms with Crippen LogP contribution in [-0.2, 0) is 9.84 Å². The lowest BCUT2D eigenvalue weighted by molar-refractivity contribution is 0.0915. The summed E-state index contributed by atoms with van der Waals surface area (Å²) >= 11 is 0. The van der Waals surface area contributed by atoms with Crippen molar-refractivity contribution in [1.29, 1.82) is 0 Å². The zero-order valence-corrected chi connectivity index (χ0v) is 14.2. The molecule has 2 aromatic carbocycles. The number of nitrogens with one attached hydrogen (secondary N) is 1. The van der Waals surface area contributed by atoms with Crippen molar-refractivity contribution in [1.82, 2.24) is 5.32 Å². The summed E-state index contributed by atoms with van der Waals surface area (Å²) in [5.74, 6) is 1.18. The second-order valence-electron chi connectivity index (χ2n) is 6.30. The van der Waals surface area contributed by atoms with E-state index in [9.17, 15) is 13.2 Å². The Morgan fingerprint density at radius 3 is 2.25 bits per heavy atom. The third-order valence-corrected chi connectivity index (χ3v) is 5.92. The van der Waals surface area contributed by atoms with Crippen LogP contribution >= 0.6 is 0 Å². The fraction of sp³-hybridized carbons (Fsp3) is 0.278. The maximum absolute atomic E-state index is 12.3. The van der Waals surface area contributed by atoms with Gasteiger partial charge >= 0.3 is 0 Å². The van der Waals surface area contributed by atoms with Gasteiger partial charge in [0.1, 0.15) is 11.5 Å². The predicted octanol–water partition coefficient (Wildman–Crippen LogP) is 2.79. The lowest BCUT2D eigenvalue weighted by Crippen LogP contribution is -2.46. The SMILES string of the molecule is C[C@]1(NC(=O)c2ccc(Oc3ccccc3)cc2)CCS(=O)(=O)C1. The van der Waals surface area contributed by atoms with E-state index < -0.39 is 15.4 Å². The molecule has 0 saturated carbocycles. The highest BCUT2D eigenvalue weighted by Crippen LogP contribution is 2.24. The smallest absolute Gasteiger partial charge is 0.251 e. The Bertz CT molecular complexity index is 831. The summed E-state index contributed by atoms with van der Waals surface area (Å²) in [7, 11) is -3.06. The molecule has 2 aromatic rings. The molecule has 0 spiro atoms. The molecule has 1 N–H and O–H groups in total. The Kier molecular flexibility index (Phi) is 4.32. The number of carbonyl (C=O) groups is 1. The summed E-state index contributed by atoms with van der Waals surface area (Å²) in [6.45, 7) is 1.77. The van der Waals surface area contributed by atoms with E-state index in [4.69, 9.17) is 4.74 Å². The number of carbonyl (C=O) groups excluding carboxylic acids is 1. The second kappa shape index (κ2) is 6.28. The van der Waals surface area contributed by atoms with Crippen LogP contribution in [0.25, 0.3) is 0 Å². The molecule has 0 aromatic heterocycles.